The van der Waals surface area contributed by atoms with Gasteiger partial charge < -0.3 is 9.47 Å². The van der Waals surface area contributed by atoms with E-state index in [1.54, 1.807) is 14.2 Å². The molecule has 0 spiro atoms. The summed E-state index contributed by atoms with van der Waals surface area (Å²) in [6.45, 7) is 5.55. The van der Waals surface area contributed by atoms with Gasteiger partial charge in [-0.1, -0.05) is 13.3 Å². The molecule has 2 heterocycles. The Bertz CT molecular complexity index is 401. The van der Waals surface area contributed by atoms with Crippen LogP contribution in [0, 0.1) is 5.92 Å². The highest BCUT2D eigenvalue weighted by Gasteiger charge is 2.19. The van der Waals surface area contributed by atoms with Gasteiger partial charge in [-0.05, 0) is 37.9 Å². The van der Waals surface area contributed by atoms with Gasteiger partial charge in [0.15, 0.2) is 0 Å². The second-order valence-corrected chi connectivity index (χ2v) is 5.15. The standard InChI is InChI=1S/C15H24N2O2/c1-4-12-7-9-17(10-8-12)11-13-5-6-14(18-2)16-15(13)19-3/h5-6,12H,4,7-11H2,1-3H3. The summed E-state index contributed by atoms with van der Waals surface area (Å²) >= 11 is 0. The molecule has 0 bridgehead atoms. The van der Waals surface area contributed by atoms with E-state index >= 15 is 0 Å². The van der Waals surface area contributed by atoms with Crippen LogP contribution >= 0.6 is 0 Å². The Kier molecular flexibility index (Phi) is 5.02. The number of ether oxygens (including phenoxy) is 2. The summed E-state index contributed by atoms with van der Waals surface area (Å²) in [5.41, 5.74) is 1.14. The summed E-state index contributed by atoms with van der Waals surface area (Å²) in [4.78, 5) is 6.82. The van der Waals surface area contributed by atoms with E-state index in [0.717, 1.165) is 18.0 Å². The van der Waals surface area contributed by atoms with E-state index in [9.17, 15) is 0 Å². The van der Waals surface area contributed by atoms with Gasteiger partial charge in [0.25, 0.3) is 0 Å². The third kappa shape index (κ3) is 3.60. The molecule has 0 aromatic carbocycles. The number of methoxy groups -OCH3 is 2. The Morgan fingerprint density at radius 3 is 2.53 bits per heavy atom. The van der Waals surface area contributed by atoms with Gasteiger partial charge in [0, 0.05) is 18.2 Å². The van der Waals surface area contributed by atoms with Crippen molar-refractivity contribution in [1.82, 2.24) is 9.88 Å². The fourth-order valence-corrected chi connectivity index (χ4v) is 2.66. The molecule has 4 heteroatoms. The molecule has 0 unspecified atom stereocenters. The lowest BCUT2D eigenvalue weighted by Crippen LogP contribution is -2.33. The van der Waals surface area contributed by atoms with Gasteiger partial charge in [-0.25, -0.2) is 0 Å². The van der Waals surface area contributed by atoms with Crippen LogP contribution in [0.3, 0.4) is 0 Å². The molecule has 0 atom stereocenters. The number of hydrogen-bond acceptors (Lipinski definition) is 4. The predicted octanol–water partition coefficient (Wildman–Crippen LogP) is 2.72. The molecule has 4 nitrogen and oxygen atoms in total. The Morgan fingerprint density at radius 1 is 1.21 bits per heavy atom. The Morgan fingerprint density at radius 2 is 1.95 bits per heavy atom. The number of rotatable bonds is 5. The van der Waals surface area contributed by atoms with E-state index in [1.807, 2.05) is 6.07 Å². The van der Waals surface area contributed by atoms with Crippen molar-refractivity contribution in [3.63, 3.8) is 0 Å². The Labute approximate surface area is 115 Å². The number of piperidine rings is 1. The number of hydrogen-bond donors (Lipinski definition) is 0. The second-order valence-electron chi connectivity index (χ2n) is 5.15. The number of pyridine rings is 1. The number of nitrogens with zero attached hydrogens (tertiary/aromatic N) is 2. The minimum Gasteiger partial charge on any atom is -0.481 e. The maximum atomic E-state index is 5.35. The van der Waals surface area contributed by atoms with E-state index in [4.69, 9.17) is 9.47 Å². The van der Waals surface area contributed by atoms with Crippen LogP contribution in [0.25, 0.3) is 0 Å². The highest BCUT2D eigenvalue weighted by atomic mass is 16.5. The SMILES string of the molecule is CCC1CCN(Cc2ccc(OC)nc2OC)CC1. The first kappa shape index (κ1) is 14.1. The molecule has 106 valence electrons. The number of aromatic nitrogens is 1. The second kappa shape index (κ2) is 6.75. The summed E-state index contributed by atoms with van der Waals surface area (Å²) in [7, 11) is 3.28. The zero-order chi connectivity index (χ0) is 13.7. The van der Waals surface area contributed by atoms with Crippen LogP contribution < -0.4 is 9.47 Å². The fraction of sp³-hybridized carbons (Fsp3) is 0.667. The summed E-state index contributed by atoms with van der Waals surface area (Å²) in [5, 5.41) is 0. The topological polar surface area (TPSA) is 34.6 Å². The van der Waals surface area contributed by atoms with E-state index in [-0.39, 0.29) is 0 Å². The number of likely N-dealkylation sites (tertiary alicyclic amines) is 1. The van der Waals surface area contributed by atoms with Gasteiger partial charge >= 0.3 is 0 Å². The van der Waals surface area contributed by atoms with Crippen molar-refractivity contribution in [2.24, 2.45) is 5.92 Å². The smallest absolute Gasteiger partial charge is 0.220 e. The lowest BCUT2D eigenvalue weighted by Gasteiger charge is -2.31. The van der Waals surface area contributed by atoms with Crippen LogP contribution in [0.4, 0.5) is 0 Å². The zero-order valence-electron chi connectivity index (χ0n) is 12.2. The van der Waals surface area contributed by atoms with Crippen molar-refractivity contribution >= 4 is 0 Å². The average molecular weight is 264 g/mol. The Balaban J connectivity index is 1.99. The molecule has 0 aliphatic carbocycles. The molecule has 1 aromatic rings. The molecule has 2 rings (SSSR count). The maximum Gasteiger partial charge on any atom is 0.220 e. The molecule has 19 heavy (non-hydrogen) atoms. The first-order valence-electron chi connectivity index (χ1n) is 7.07. The van der Waals surface area contributed by atoms with Crippen LogP contribution in [-0.2, 0) is 6.54 Å². The normalized spacial score (nSPS) is 17.4. The summed E-state index contributed by atoms with van der Waals surface area (Å²) in [5.74, 6) is 2.19. The van der Waals surface area contributed by atoms with Gasteiger partial charge in [-0.15, -0.1) is 0 Å². The van der Waals surface area contributed by atoms with E-state index in [2.05, 4.69) is 22.9 Å². The first-order chi connectivity index (χ1) is 9.26. The molecule has 1 saturated heterocycles. The predicted molar refractivity (Wildman–Crippen MR) is 75.6 cm³/mol. The van der Waals surface area contributed by atoms with Gasteiger partial charge in [-0.3, -0.25) is 4.90 Å². The van der Waals surface area contributed by atoms with Crippen LogP contribution in [0.5, 0.6) is 11.8 Å². The molecular weight excluding hydrogens is 240 g/mol. The van der Waals surface area contributed by atoms with E-state index in [0.29, 0.717) is 11.8 Å². The average Bonchev–Trinajstić information content (AvgIpc) is 2.48. The van der Waals surface area contributed by atoms with Gasteiger partial charge in [0.05, 0.1) is 14.2 Å². The minimum absolute atomic E-state index is 0.602. The molecule has 0 amide bonds. The van der Waals surface area contributed by atoms with E-state index < -0.39 is 0 Å². The largest absolute Gasteiger partial charge is 0.481 e. The van der Waals surface area contributed by atoms with E-state index in [1.165, 1.54) is 32.4 Å². The summed E-state index contributed by atoms with van der Waals surface area (Å²) in [6, 6.07) is 3.95. The van der Waals surface area contributed by atoms with Crippen molar-refractivity contribution in [2.75, 3.05) is 27.3 Å². The van der Waals surface area contributed by atoms with Crippen LogP contribution in [-0.4, -0.2) is 37.2 Å². The van der Waals surface area contributed by atoms with Crippen LogP contribution in [0.15, 0.2) is 12.1 Å². The third-order valence-electron chi connectivity index (χ3n) is 3.99. The molecule has 0 saturated carbocycles. The highest BCUT2D eigenvalue weighted by Crippen LogP contribution is 2.25. The van der Waals surface area contributed by atoms with Crippen molar-refractivity contribution in [3.05, 3.63) is 17.7 Å². The molecule has 1 aliphatic rings. The molecular formula is C15H24N2O2. The maximum absolute atomic E-state index is 5.35. The lowest BCUT2D eigenvalue weighted by atomic mass is 9.94. The fourth-order valence-electron chi connectivity index (χ4n) is 2.66. The quantitative estimate of drug-likeness (QED) is 0.819. The van der Waals surface area contributed by atoms with Crippen LogP contribution in [0.1, 0.15) is 31.7 Å². The van der Waals surface area contributed by atoms with Gasteiger partial charge in [0.1, 0.15) is 0 Å². The first-order valence-corrected chi connectivity index (χ1v) is 7.07. The lowest BCUT2D eigenvalue weighted by molar-refractivity contribution is 0.173. The van der Waals surface area contributed by atoms with Crippen molar-refractivity contribution in [1.29, 1.82) is 0 Å². The third-order valence-corrected chi connectivity index (χ3v) is 3.99. The highest BCUT2D eigenvalue weighted by molar-refractivity contribution is 5.30. The van der Waals surface area contributed by atoms with Gasteiger partial charge in [-0.2, -0.15) is 4.98 Å². The van der Waals surface area contributed by atoms with Crippen molar-refractivity contribution in [2.45, 2.75) is 32.7 Å². The molecule has 1 aromatic heterocycles. The molecule has 1 fully saturated rings. The van der Waals surface area contributed by atoms with Crippen molar-refractivity contribution < 1.29 is 9.47 Å². The van der Waals surface area contributed by atoms with Crippen LogP contribution in [0.2, 0.25) is 0 Å². The zero-order valence-corrected chi connectivity index (χ0v) is 12.2. The van der Waals surface area contributed by atoms with Crippen molar-refractivity contribution in [3.8, 4) is 11.8 Å². The summed E-state index contributed by atoms with van der Waals surface area (Å²) in [6.07, 6.45) is 3.92. The van der Waals surface area contributed by atoms with Gasteiger partial charge in [0.2, 0.25) is 11.8 Å². The monoisotopic (exact) mass is 264 g/mol. The molecule has 0 radical (unpaired) electrons. The summed E-state index contributed by atoms with van der Waals surface area (Å²) < 4.78 is 10.5. The molecule has 1 aliphatic heterocycles. The Hall–Kier alpha value is -1.29. The minimum atomic E-state index is 0.602. The molecule has 0 N–H and O–H groups in total.